The van der Waals surface area contributed by atoms with Gasteiger partial charge >= 0.3 is 5.69 Å². The van der Waals surface area contributed by atoms with Crippen LogP contribution in [0, 0.1) is 5.92 Å². The van der Waals surface area contributed by atoms with Crippen LogP contribution in [-0.4, -0.2) is 50.1 Å². The number of rotatable bonds is 6. The molecule has 4 heterocycles. The number of Topliss-reactive ketones (excluding diaryl/α,β-unsaturated/α-hetero) is 1. The molecule has 0 saturated carbocycles. The van der Waals surface area contributed by atoms with E-state index in [0.29, 0.717) is 41.2 Å². The molecule has 5 rings (SSSR count). The third-order valence-corrected chi connectivity index (χ3v) is 6.99. The fourth-order valence-electron chi connectivity index (χ4n) is 5.12. The molecule has 2 fully saturated rings. The number of nitrogens with one attached hydrogen (secondary N) is 1. The molecule has 0 radical (unpaired) electrons. The van der Waals surface area contributed by atoms with E-state index in [-0.39, 0.29) is 24.7 Å². The van der Waals surface area contributed by atoms with Crippen molar-refractivity contribution in [3.05, 3.63) is 68.4 Å². The van der Waals surface area contributed by atoms with Crippen molar-refractivity contribution in [3.8, 4) is 0 Å². The molecule has 1 N–H and O–H groups in total. The number of anilines is 1. The van der Waals surface area contributed by atoms with Gasteiger partial charge in [-0.1, -0.05) is 42.0 Å². The molecular weight excluding hydrogens is 468 g/mol. The van der Waals surface area contributed by atoms with Crippen LogP contribution in [0.3, 0.4) is 0 Å². The van der Waals surface area contributed by atoms with Gasteiger partial charge in [0.25, 0.3) is 5.56 Å². The third-order valence-electron chi connectivity index (χ3n) is 6.99. The van der Waals surface area contributed by atoms with Crippen LogP contribution in [0.4, 0.5) is 5.95 Å². The van der Waals surface area contributed by atoms with Crippen LogP contribution >= 0.6 is 12.4 Å². The van der Waals surface area contributed by atoms with Gasteiger partial charge in [0, 0.05) is 44.8 Å². The second kappa shape index (κ2) is 9.83. The lowest BCUT2D eigenvalue weighted by molar-refractivity contribution is 0.0969. The molecule has 35 heavy (non-hydrogen) atoms. The molecule has 2 aliphatic heterocycles. The van der Waals surface area contributed by atoms with Crippen molar-refractivity contribution in [3.63, 3.8) is 0 Å². The van der Waals surface area contributed by atoms with Crippen LogP contribution in [0.25, 0.3) is 11.2 Å². The van der Waals surface area contributed by atoms with Gasteiger partial charge in [0.05, 0.1) is 6.54 Å². The minimum Gasteiger partial charge on any atom is -0.338 e. The number of hydrogen-bond acceptors (Lipinski definition) is 6. The van der Waals surface area contributed by atoms with E-state index < -0.39 is 11.2 Å². The summed E-state index contributed by atoms with van der Waals surface area (Å²) in [5.41, 5.74) is 1.27. The molecule has 10 heteroatoms. The van der Waals surface area contributed by atoms with Crippen molar-refractivity contribution in [2.24, 2.45) is 13.0 Å². The second-order valence-corrected chi connectivity index (χ2v) is 9.47. The number of aromatic nitrogens is 4. The maximum absolute atomic E-state index is 13.7. The molecular formula is C25H31ClN6O3. The smallest absolute Gasteiger partial charge is 0.332 e. The van der Waals surface area contributed by atoms with Crippen molar-refractivity contribution in [2.75, 3.05) is 24.5 Å². The number of fused-ring (bicyclic) bond motifs is 2. The number of benzene rings is 1. The van der Waals surface area contributed by atoms with E-state index in [1.165, 1.54) is 4.57 Å². The van der Waals surface area contributed by atoms with Crippen molar-refractivity contribution in [1.82, 2.24) is 24.0 Å². The van der Waals surface area contributed by atoms with E-state index in [0.717, 1.165) is 36.2 Å². The Morgan fingerprint density at radius 3 is 2.60 bits per heavy atom. The molecule has 0 amide bonds. The highest BCUT2D eigenvalue weighted by Crippen LogP contribution is 2.32. The Labute approximate surface area is 209 Å². The zero-order valence-electron chi connectivity index (χ0n) is 20.2. The van der Waals surface area contributed by atoms with Gasteiger partial charge in [0.2, 0.25) is 5.95 Å². The second-order valence-electron chi connectivity index (χ2n) is 9.47. The average molecular weight is 499 g/mol. The number of carbonyl (C=O) groups is 1. The van der Waals surface area contributed by atoms with Crippen molar-refractivity contribution < 1.29 is 4.79 Å². The van der Waals surface area contributed by atoms with E-state index in [4.69, 9.17) is 4.98 Å². The van der Waals surface area contributed by atoms with E-state index in [9.17, 15) is 14.4 Å². The van der Waals surface area contributed by atoms with Crippen LogP contribution in [0.15, 0.2) is 51.6 Å². The van der Waals surface area contributed by atoms with E-state index >= 15 is 0 Å². The first-order valence-corrected chi connectivity index (χ1v) is 11.8. The summed E-state index contributed by atoms with van der Waals surface area (Å²) in [5.74, 6) is 0.984. The van der Waals surface area contributed by atoms with Crippen LogP contribution in [0.2, 0.25) is 0 Å². The fraction of sp³-hybridized carbons (Fsp3) is 0.440. The number of nitrogens with zero attached hydrogens (tertiary/aromatic N) is 5. The Kier molecular flexibility index (Phi) is 7.00. The number of aryl methyl sites for hydroxylation is 1. The SMILES string of the molecule is CC(C)=CCn1c(N2CC[C@@H]3CNC[C@@H]32)nc2c1c(=O)n(CC(=O)c1ccccc1)c(=O)n2C.Cl. The highest BCUT2D eigenvalue weighted by atomic mass is 35.5. The van der Waals surface area contributed by atoms with Crippen LogP contribution in [0.1, 0.15) is 30.6 Å². The molecule has 2 aromatic heterocycles. The summed E-state index contributed by atoms with van der Waals surface area (Å²) in [6, 6.07) is 9.04. The largest absolute Gasteiger partial charge is 0.338 e. The van der Waals surface area contributed by atoms with Gasteiger partial charge in [-0.3, -0.25) is 18.7 Å². The highest BCUT2D eigenvalue weighted by Gasteiger charge is 2.40. The van der Waals surface area contributed by atoms with Gasteiger partial charge in [0.15, 0.2) is 16.9 Å². The van der Waals surface area contributed by atoms with Gasteiger partial charge < -0.3 is 14.8 Å². The maximum Gasteiger partial charge on any atom is 0.332 e. The van der Waals surface area contributed by atoms with Gasteiger partial charge in [-0.05, 0) is 26.2 Å². The first-order chi connectivity index (χ1) is 16.4. The molecule has 9 nitrogen and oxygen atoms in total. The monoisotopic (exact) mass is 498 g/mol. The molecule has 186 valence electrons. The number of imidazole rings is 1. The molecule has 2 saturated heterocycles. The number of hydrogen-bond donors (Lipinski definition) is 1. The van der Waals surface area contributed by atoms with Crippen molar-refractivity contribution in [1.29, 1.82) is 0 Å². The Bertz CT molecular complexity index is 1400. The Balaban J connectivity index is 0.00000289. The molecule has 3 aromatic rings. The number of carbonyl (C=O) groups excluding carboxylic acids is 1. The minimum atomic E-state index is -0.540. The van der Waals surface area contributed by atoms with Gasteiger partial charge in [-0.2, -0.15) is 4.98 Å². The summed E-state index contributed by atoms with van der Waals surface area (Å²) in [5, 5.41) is 3.46. The topological polar surface area (TPSA) is 94.2 Å². The predicted octanol–water partition coefficient (Wildman–Crippen LogP) is 1.97. The molecule has 1 aromatic carbocycles. The first-order valence-electron chi connectivity index (χ1n) is 11.8. The normalized spacial score (nSPS) is 19.0. The minimum absolute atomic E-state index is 0. The summed E-state index contributed by atoms with van der Waals surface area (Å²) in [6.45, 7) is 6.91. The summed E-state index contributed by atoms with van der Waals surface area (Å²) < 4.78 is 4.33. The molecule has 0 unspecified atom stereocenters. The number of allylic oxidation sites excluding steroid dienone is 2. The Hall–Kier alpha value is -3.17. The highest BCUT2D eigenvalue weighted by molar-refractivity contribution is 5.96. The summed E-state index contributed by atoms with van der Waals surface area (Å²) in [4.78, 5) is 46.8. The quantitative estimate of drug-likeness (QED) is 0.412. The zero-order chi connectivity index (χ0) is 24.0. The van der Waals surface area contributed by atoms with Crippen molar-refractivity contribution in [2.45, 2.75) is 39.4 Å². The average Bonchev–Trinajstić information content (AvgIpc) is 3.54. The number of halogens is 1. The predicted molar refractivity (Wildman–Crippen MR) is 139 cm³/mol. The lowest BCUT2D eigenvalue weighted by atomic mass is 10.1. The lowest BCUT2D eigenvalue weighted by Gasteiger charge is -2.25. The fourth-order valence-corrected chi connectivity index (χ4v) is 5.12. The zero-order valence-corrected chi connectivity index (χ0v) is 21.0. The lowest BCUT2D eigenvalue weighted by Crippen LogP contribution is -2.41. The van der Waals surface area contributed by atoms with E-state index in [2.05, 4.69) is 16.3 Å². The Morgan fingerprint density at radius 1 is 1.14 bits per heavy atom. The summed E-state index contributed by atoms with van der Waals surface area (Å²) >= 11 is 0. The van der Waals surface area contributed by atoms with Crippen LogP contribution < -0.4 is 21.5 Å². The summed E-state index contributed by atoms with van der Waals surface area (Å²) in [7, 11) is 1.61. The van der Waals surface area contributed by atoms with Gasteiger partial charge in [-0.25, -0.2) is 4.79 Å². The number of ketones is 1. The van der Waals surface area contributed by atoms with Crippen LogP contribution in [0.5, 0.6) is 0 Å². The van der Waals surface area contributed by atoms with E-state index in [1.54, 1.807) is 31.3 Å². The van der Waals surface area contributed by atoms with E-state index in [1.807, 2.05) is 24.5 Å². The molecule has 0 spiro atoms. The van der Waals surface area contributed by atoms with Crippen LogP contribution in [-0.2, 0) is 20.1 Å². The first kappa shape index (κ1) is 24.9. The van der Waals surface area contributed by atoms with Gasteiger partial charge in [-0.15, -0.1) is 12.4 Å². The summed E-state index contributed by atoms with van der Waals surface area (Å²) in [6.07, 6.45) is 3.12. The Morgan fingerprint density at radius 2 is 1.89 bits per heavy atom. The maximum atomic E-state index is 13.7. The van der Waals surface area contributed by atoms with Gasteiger partial charge in [0.1, 0.15) is 0 Å². The molecule has 0 bridgehead atoms. The third kappa shape index (κ3) is 4.34. The molecule has 2 atom stereocenters. The standard InChI is InChI=1S/C25H30N6O3.ClH/c1-16(2)9-11-30-21-22(27-24(30)29-12-10-18-13-26-14-19(18)29)28(3)25(34)31(23(21)33)15-20(32)17-7-5-4-6-8-17;/h4-9,18-19,26H,10-15H2,1-3H3;1H/t18-,19+;/m1./s1. The van der Waals surface area contributed by atoms with Crippen molar-refractivity contribution >= 4 is 35.3 Å². The molecule has 0 aliphatic carbocycles. The molecule has 2 aliphatic rings.